The Balaban J connectivity index is 1.88. The molecule has 1 aliphatic heterocycles. The zero-order valence-electron chi connectivity index (χ0n) is 11.1. The highest BCUT2D eigenvalue weighted by atomic mass is 16.4. The number of hydrogen-bond acceptors (Lipinski definition) is 2. The molecule has 2 fully saturated rings. The minimum atomic E-state index is -0.620. The lowest BCUT2D eigenvalue weighted by Gasteiger charge is -2.41. The summed E-state index contributed by atoms with van der Waals surface area (Å²) < 4.78 is 0. The van der Waals surface area contributed by atoms with Gasteiger partial charge in [0.05, 0.1) is 5.41 Å². The van der Waals surface area contributed by atoms with E-state index in [1.807, 2.05) is 6.92 Å². The molecule has 17 heavy (non-hydrogen) atoms. The summed E-state index contributed by atoms with van der Waals surface area (Å²) in [7, 11) is 0. The molecule has 98 valence electrons. The van der Waals surface area contributed by atoms with Gasteiger partial charge in [0.2, 0.25) is 0 Å². The van der Waals surface area contributed by atoms with Crippen LogP contribution in [0.1, 0.15) is 52.4 Å². The lowest BCUT2D eigenvalue weighted by Crippen LogP contribution is -2.47. The number of carboxylic acids is 1. The molecule has 1 heterocycles. The van der Waals surface area contributed by atoms with Crippen LogP contribution in [0.3, 0.4) is 0 Å². The summed E-state index contributed by atoms with van der Waals surface area (Å²) in [5.41, 5.74) is -0.480. The van der Waals surface area contributed by atoms with Crippen LogP contribution < -0.4 is 0 Å². The van der Waals surface area contributed by atoms with Crippen molar-refractivity contribution in [1.29, 1.82) is 0 Å². The molecular weight excluding hydrogens is 214 g/mol. The maximum atomic E-state index is 11.2. The van der Waals surface area contributed by atoms with Crippen LogP contribution in [0.15, 0.2) is 0 Å². The largest absolute Gasteiger partial charge is 0.481 e. The van der Waals surface area contributed by atoms with Gasteiger partial charge in [0.15, 0.2) is 0 Å². The Kier molecular flexibility index (Phi) is 3.76. The Hall–Kier alpha value is -0.570. The molecule has 0 aromatic rings. The van der Waals surface area contributed by atoms with Gasteiger partial charge in [-0.05, 0) is 58.5 Å². The Morgan fingerprint density at radius 1 is 1.29 bits per heavy atom. The van der Waals surface area contributed by atoms with Crippen molar-refractivity contribution < 1.29 is 9.90 Å². The first kappa shape index (κ1) is 12.9. The first-order valence-electron chi connectivity index (χ1n) is 7.00. The fourth-order valence-corrected chi connectivity index (χ4v) is 3.38. The van der Waals surface area contributed by atoms with Gasteiger partial charge in [-0.15, -0.1) is 0 Å². The zero-order chi connectivity index (χ0) is 12.5. The van der Waals surface area contributed by atoms with Crippen LogP contribution in [0, 0.1) is 11.3 Å². The molecule has 2 aliphatic rings. The molecule has 1 saturated carbocycles. The molecule has 0 radical (unpaired) electrons. The Morgan fingerprint density at radius 2 is 1.82 bits per heavy atom. The van der Waals surface area contributed by atoms with Gasteiger partial charge in [-0.2, -0.15) is 0 Å². The second-order valence-electron chi connectivity index (χ2n) is 6.19. The van der Waals surface area contributed by atoms with E-state index in [0.717, 1.165) is 31.8 Å². The molecule has 3 nitrogen and oxygen atoms in total. The summed E-state index contributed by atoms with van der Waals surface area (Å²) in [5, 5.41) is 9.22. The maximum Gasteiger partial charge on any atom is 0.309 e. The molecular formula is C14H25NO2. The summed E-state index contributed by atoms with van der Waals surface area (Å²) in [6.45, 7) is 6.15. The minimum absolute atomic E-state index is 0.480. The Morgan fingerprint density at radius 3 is 2.29 bits per heavy atom. The van der Waals surface area contributed by atoms with Gasteiger partial charge in [-0.25, -0.2) is 0 Å². The molecule has 1 saturated heterocycles. The van der Waals surface area contributed by atoms with Crippen molar-refractivity contribution in [2.24, 2.45) is 11.3 Å². The van der Waals surface area contributed by atoms with Gasteiger partial charge < -0.3 is 10.0 Å². The SMILES string of the molecule is CC(C1CCCC1)N1CCC(C)(C(=O)O)CC1. The molecule has 0 spiro atoms. The predicted molar refractivity (Wildman–Crippen MR) is 68.0 cm³/mol. The van der Waals surface area contributed by atoms with Crippen molar-refractivity contribution in [3.8, 4) is 0 Å². The van der Waals surface area contributed by atoms with E-state index in [4.69, 9.17) is 0 Å². The number of hydrogen-bond donors (Lipinski definition) is 1. The third-order valence-electron chi connectivity index (χ3n) is 5.08. The van der Waals surface area contributed by atoms with Crippen molar-refractivity contribution in [2.45, 2.75) is 58.4 Å². The third-order valence-corrected chi connectivity index (χ3v) is 5.08. The van der Waals surface area contributed by atoms with Crippen molar-refractivity contribution in [2.75, 3.05) is 13.1 Å². The number of rotatable bonds is 3. The van der Waals surface area contributed by atoms with Gasteiger partial charge in [-0.1, -0.05) is 12.8 Å². The quantitative estimate of drug-likeness (QED) is 0.823. The second-order valence-corrected chi connectivity index (χ2v) is 6.19. The van der Waals surface area contributed by atoms with E-state index in [2.05, 4.69) is 11.8 Å². The van der Waals surface area contributed by atoms with E-state index < -0.39 is 11.4 Å². The van der Waals surface area contributed by atoms with Gasteiger partial charge >= 0.3 is 5.97 Å². The fourth-order valence-electron chi connectivity index (χ4n) is 3.38. The number of piperidine rings is 1. The van der Waals surface area contributed by atoms with Gasteiger partial charge in [0, 0.05) is 6.04 Å². The van der Waals surface area contributed by atoms with Crippen LogP contribution in [0.2, 0.25) is 0 Å². The van der Waals surface area contributed by atoms with Crippen LogP contribution in [-0.2, 0) is 4.79 Å². The molecule has 1 unspecified atom stereocenters. The first-order valence-corrected chi connectivity index (χ1v) is 7.00. The zero-order valence-corrected chi connectivity index (χ0v) is 11.1. The molecule has 1 atom stereocenters. The van der Waals surface area contributed by atoms with Crippen LogP contribution in [0.5, 0.6) is 0 Å². The second kappa shape index (κ2) is 4.97. The summed E-state index contributed by atoms with van der Waals surface area (Å²) >= 11 is 0. The number of carboxylic acid groups (broad SMARTS) is 1. The highest BCUT2D eigenvalue weighted by molar-refractivity contribution is 5.74. The smallest absolute Gasteiger partial charge is 0.309 e. The maximum absolute atomic E-state index is 11.2. The van der Waals surface area contributed by atoms with Gasteiger partial charge in [-0.3, -0.25) is 4.79 Å². The number of carbonyl (C=O) groups is 1. The molecule has 0 aromatic heterocycles. The molecule has 1 aliphatic carbocycles. The standard InChI is InChI=1S/C14H25NO2/c1-11(12-5-3-4-6-12)15-9-7-14(2,8-10-15)13(16)17/h11-12H,3-10H2,1-2H3,(H,16,17). The molecule has 0 amide bonds. The van der Waals surface area contributed by atoms with Gasteiger partial charge in [0.1, 0.15) is 0 Å². The Labute approximate surface area is 104 Å². The minimum Gasteiger partial charge on any atom is -0.481 e. The van der Waals surface area contributed by atoms with E-state index in [0.29, 0.717) is 6.04 Å². The molecule has 2 rings (SSSR count). The van der Waals surface area contributed by atoms with Crippen LogP contribution in [0.4, 0.5) is 0 Å². The van der Waals surface area contributed by atoms with Crippen molar-refractivity contribution in [3.05, 3.63) is 0 Å². The summed E-state index contributed by atoms with van der Waals surface area (Å²) in [6, 6.07) is 0.649. The number of nitrogens with zero attached hydrogens (tertiary/aromatic N) is 1. The van der Waals surface area contributed by atoms with E-state index in [9.17, 15) is 9.90 Å². The highest BCUT2D eigenvalue weighted by Gasteiger charge is 2.39. The number of aliphatic carboxylic acids is 1. The van der Waals surface area contributed by atoms with Crippen molar-refractivity contribution in [1.82, 2.24) is 4.90 Å². The average Bonchev–Trinajstić information content (AvgIpc) is 2.82. The molecule has 3 heteroatoms. The summed E-state index contributed by atoms with van der Waals surface area (Å²) in [4.78, 5) is 13.7. The van der Waals surface area contributed by atoms with Crippen LogP contribution in [0.25, 0.3) is 0 Å². The topological polar surface area (TPSA) is 40.5 Å². The fraction of sp³-hybridized carbons (Fsp3) is 0.929. The Bertz CT molecular complexity index is 276. The lowest BCUT2D eigenvalue weighted by atomic mass is 9.79. The van der Waals surface area contributed by atoms with Gasteiger partial charge in [0.25, 0.3) is 0 Å². The number of likely N-dealkylation sites (tertiary alicyclic amines) is 1. The molecule has 0 bridgehead atoms. The monoisotopic (exact) mass is 239 g/mol. The van der Waals surface area contributed by atoms with E-state index >= 15 is 0 Å². The summed E-state index contributed by atoms with van der Waals surface area (Å²) in [5.74, 6) is 0.231. The van der Waals surface area contributed by atoms with E-state index in [1.165, 1.54) is 25.7 Å². The lowest BCUT2D eigenvalue weighted by molar-refractivity contribution is -0.151. The molecule has 0 aromatic carbocycles. The molecule has 1 N–H and O–H groups in total. The average molecular weight is 239 g/mol. The summed E-state index contributed by atoms with van der Waals surface area (Å²) in [6.07, 6.45) is 7.12. The van der Waals surface area contributed by atoms with Crippen molar-refractivity contribution in [3.63, 3.8) is 0 Å². The predicted octanol–water partition coefficient (Wildman–Crippen LogP) is 2.75. The van der Waals surface area contributed by atoms with E-state index in [1.54, 1.807) is 0 Å². The first-order chi connectivity index (χ1) is 8.03. The third kappa shape index (κ3) is 2.65. The van der Waals surface area contributed by atoms with Crippen molar-refractivity contribution >= 4 is 5.97 Å². The van der Waals surface area contributed by atoms with Crippen LogP contribution in [-0.4, -0.2) is 35.1 Å². The van der Waals surface area contributed by atoms with E-state index in [-0.39, 0.29) is 0 Å². The normalized spacial score (nSPS) is 28.1. The van der Waals surface area contributed by atoms with Crippen LogP contribution >= 0.6 is 0 Å². The highest BCUT2D eigenvalue weighted by Crippen LogP contribution is 2.35.